The lowest BCUT2D eigenvalue weighted by Gasteiger charge is -2.39. The van der Waals surface area contributed by atoms with Gasteiger partial charge in [0.05, 0.1) is 12.2 Å². The number of hydrogen-bond acceptors (Lipinski definition) is 7. The van der Waals surface area contributed by atoms with E-state index in [1.807, 2.05) is 0 Å². The fourth-order valence-electron chi connectivity index (χ4n) is 1.97. The standard InChI is InChI=1S/C13H16O8/c14-5-8-9(15)10(16)11(17)13(21-8)20-7-3-1-6(2-4-7)12(18)19/h1-4,8-11,13-17H,5H2,(H,18,19)/t8-,9+,10-,11-,13-/m0/s1. The van der Waals surface area contributed by atoms with Gasteiger partial charge in [-0.1, -0.05) is 0 Å². The average Bonchev–Trinajstić information content (AvgIpc) is 2.48. The number of aliphatic hydroxyl groups is 4. The summed E-state index contributed by atoms with van der Waals surface area (Å²) < 4.78 is 10.5. The summed E-state index contributed by atoms with van der Waals surface area (Å²) in [5.41, 5.74) is 0.0659. The average molecular weight is 300 g/mol. The maximum absolute atomic E-state index is 10.7. The van der Waals surface area contributed by atoms with Crippen LogP contribution in [0.5, 0.6) is 5.75 Å². The molecule has 8 heteroatoms. The molecule has 2 rings (SSSR count). The number of ether oxygens (including phenoxy) is 2. The van der Waals surface area contributed by atoms with Crippen molar-refractivity contribution in [2.24, 2.45) is 0 Å². The van der Waals surface area contributed by atoms with E-state index in [2.05, 4.69) is 0 Å². The number of aromatic carboxylic acids is 1. The van der Waals surface area contributed by atoms with Gasteiger partial charge in [-0.2, -0.15) is 0 Å². The Morgan fingerprint density at radius 2 is 1.71 bits per heavy atom. The summed E-state index contributed by atoms with van der Waals surface area (Å²) in [5, 5.41) is 46.9. The van der Waals surface area contributed by atoms with Crippen LogP contribution in [-0.2, 0) is 4.74 Å². The third kappa shape index (κ3) is 3.31. The van der Waals surface area contributed by atoms with E-state index in [1.165, 1.54) is 24.3 Å². The molecular formula is C13H16O8. The van der Waals surface area contributed by atoms with Crippen LogP contribution in [0, 0.1) is 0 Å². The molecule has 0 bridgehead atoms. The summed E-state index contributed by atoms with van der Waals surface area (Å²) in [4.78, 5) is 10.7. The van der Waals surface area contributed by atoms with Crippen LogP contribution in [0.15, 0.2) is 24.3 Å². The molecule has 1 saturated heterocycles. The number of aliphatic hydroxyl groups excluding tert-OH is 4. The van der Waals surface area contributed by atoms with Crippen LogP contribution in [-0.4, -0.2) is 68.8 Å². The van der Waals surface area contributed by atoms with E-state index < -0.39 is 43.3 Å². The van der Waals surface area contributed by atoms with Crippen LogP contribution in [0.3, 0.4) is 0 Å². The van der Waals surface area contributed by atoms with Crippen LogP contribution in [0.4, 0.5) is 0 Å². The van der Waals surface area contributed by atoms with Crippen LogP contribution < -0.4 is 4.74 Å². The molecule has 116 valence electrons. The summed E-state index contributed by atoms with van der Waals surface area (Å²) in [5.74, 6) is -0.876. The number of carbonyl (C=O) groups is 1. The molecule has 21 heavy (non-hydrogen) atoms. The Kier molecular flexibility index (Phi) is 4.76. The minimum Gasteiger partial charge on any atom is -0.478 e. The van der Waals surface area contributed by atoms with Gasteiger partial charge in [-0.15, -0.1) is 0 Å². The molecule has 0 spiro atoms. The van der Waals surface area contributed by atoms with Crippen molar-refractivity contribution in [1.29, 1.82) is 0 Å². The van der Waals surface area contributed by atoms with Gasteiger partial charge in [0.1, 0.15) is 30.2 Å². The summed E-state index contributed by atoms with van der Waals surface area (Å²) in [6.45, 7) is -0.553. The third-order valence-electron chi connectivity index (χ3n) is 3.20. The van der Waals surface area contributed by atoms with E-state index >= 15 is 0 Å². The fraction of sp³-hybridized carbons (Fsp3) is 0.462. The molecule has 1 fully saturated rings. The topological polar surface area (TPSA) is 137 Å². The molecule has 0 aliphatic carbocycles. The first kappa shape index (κ1) is 15.7. The maximum Gasteiger partial charge on any atom is 0.335 e. The molecule has 1 heterocycles. The number of hydrogen-bond donors (Lipinski definition) is 5. The van der Waals surface area contributed by atoms with E-state index in [4.69, 9.17) is 19.7 Å². The summed E-state index contributed by atoms with van der Waals surface area (Å²) in [7, 11) is 0. The molecule has 0 radical (unpaired) electrons. The molecule has 0 unspecified atom stereocenters. The minimum atomic E-state index is -1.53. The Labute approximate surface area is 119 Å². The lowest BCUT2D eigenvalue weighted by Crippen LogP contribution is -2.60. The molecule has 0 saturated carbocycles. The largest absolute Gasteiger partial charge is 0.478 e. The van der Waals surface area contributed by atoms with Crippen molar-refractivity contribution in [2.45, 2.75) is 30.7 Å². The number of carboxylic acid groups (broad SMARTS) is 1. The van der Waals surface area contributed by atoms with E-state index in [9.17, 15) is 20.1 Å². The zero-order valence-electron chi connectivity index (χ0n) is 10.9. The molecule has 5 N–H and O–H groups in total. The number of carboxylic acids is 1. The van der Waals surface area contributed by atoms with Gasteiger partial charge in [-0.3, -0.25) is 0 Å². The second-order valence-corrected chi connectivity index (χ2v) is 4.64. The Balaban J connectivity index is 2.08. The predicted molar refractivity (Wildman–Crippen MR) is 67.8 cm³/mol. The van der Waals surface area contributed by atoms with Crippen LogP contribution in [0.25, 0.3) is 0 Å². The van der Waals surface area contributed by atoms with Crippen molar-refractivity contribution >= 4 is 5.97 Å². The fourth-order valence-corrected chi connectivity index (χ4v) is 1.97. The number of benzene rings is 1. The van der Waals surface area contributed by atoms with Gasteiger partial charge in [0.2, 0.25) is 6.29 Å². The predicted octanol–water partition coefficient (Wildman–Crippen LogP) is -1.44. The highest BCUT2D eigenvalue weighted by Crippen LogP contribution is 2.24. The molecule has 0 aromatic heterocycles. The van der Waals surface area contributed by atoms with E-state index in [0.717, 1.165) is 0 Å². The highest BCUT2D eigenvalue weighted by Gasteiger charge is 2.44. The minimum absolute atomic E-state index is 0.0659. The van der Waals surface area contributed by atoms with Gasteiger partial charge < -0.3 is 35.0 Å². The Hall–Kier alpha value is -1.71. The van der Waals surface area contributed by atoms with E-state index in [1.54, 1.807) is 0 Å². The molecular weight excluding hydrogens is 284 g/mol. The monoisotopic (exact) mass is 300 g/mol. The van der Waals surface area contributed by atoms with Crippen molar-refractivity contribution < 1.29 is 39.8 Å². The van der Waals surface area contributed by atoms with Gasteiger partial charge in [0, 0.05) is 0 Å². The second-order valence-electron chi connectivity index (χ2n) is 4.64. The van der Waals surface area contributed by atoms with Gasteiger partial charge in [0.15, 0.2) is 0 Å². The van der Waals surface area contributed by atoms with Crippen molar-refractivity contribution in [3.8, 4) is 5.75 Å². The lowest BCUT2D eigenvalue weighted by molar-refractivity contribution is -0.277. The summed E-state index contributed by atoms with van der Waals surface area (Å²) >= 11 is 0. The highest BCUT2D eigenvalue weighted by molar-refractivity contribution is 5.87. The molecule has 8 nitrogen and oxygen atoms in total. The lowest BCUT2D eigenvalue weighted by atomic mass is 9.99. The van der Waals surface area contributed by atoms with E-state index in [-0.39, 0.29) is 11.3 Å². The smallest absolute Gasteiger partial charge is 0.335 e. The third-order valence-corrected chi connectivity index (χ3v) is 3.20. The molecule has 0 amide bonds. The zero-order chi connectivity index (χ0) is 15.6. The zero-order valence-corrected chi connectivity index (χ0v) is 10.9. The normalized spacial score (nSPS) is 32.7. The summed E-state index contributed by atoms with van der Waals surface area (Å²) in [6, 6.07) is 5.35. The number of rotatable bonds is 4. The summed E-state index contributed by atoms with van der Waals surface area (Å²) in [6.07, 6.45) is -6.86. The van der Waals surface area contributed by atoms with Crippen LogP contribution in [0.2, 0.25) is 0 Å². The maximum atomic E-state index is 10.7. The van der Waals surface area contributed by atoms with E-state index in [0.29, 0.717) is 0 Å². The molecule has 5 atom stereocenters. The van der Waals surface area contributed by atoms with Gasteiger partial charge in [-0.05, 0) is 24.3 Å². The Bertz CT molecular complexity index is 485. The van der Waals surface area contributed by atoms with Gasteiger partial charge in [-0.25, -0.2) is 4.79 Å². The van der Waals surface area contributed by atoms with Gasteiger partial charge >= 0.3 is 5.97 Å². The van der Waals surface area contributed by atoms with Crippen LogP contribution >= 0.6 is 0 Å². The van der Waals surface area contributed by atoms with Crippen molar-refractivity contribution in [3.63, 3.8) is 0 Å². The quantitative estimate of drug-likeness (QED) is 0.456. The van der Waals surface area contributed by atoms with Crippen molar-refractivity contribution in [3.05, 3.63) is 29.8 Å². The van der Waals surface area contributed by atoms with Crippen LogP contribution in [0.1, 0.15) is 10.4 Å². The first-order chi connectivity index (χ1) is 9.93. The SMILES string of the molecule is O=C(O)c1ccc(O[C@H]2O[C@@H](CO)[C@@H](O)[C@H](O)[C@@H]2O)cc1. The van der Waals surface area contributed by atoms with Crippen molar-refractivity contribution in [1.82, 2.24) is 0 Å². The molecule has 1 aliphatic heterocycles. The second kappa shape index (κ2) is 6.37. The molecule has 1 aromatic carbocycles. The Morgan fingerprint density at radius 3 is 2.24 bits per heavy atom. The van der Waals surface area contributed by atoms with Crippen molar-refractivity contribution in [2.75, 3.05) is 6.61 Å². The van der Waals surface area contributed by atoms with Gasteiger partial charge in [0.25, 0.3) is 0 Å². The highest BCUT2D eigenvalue weighted by atomic mass is 16.7. The first-order valence-corrected chi connectivity index (χ1v) is 6.24. The molecule has 1 aliphatic rings. The first-order valence-electron chi connectivity index (χ1n) is 6.24. The Morgan fingerprint density at radius 1 is 1.10 bits per heavy atom. The molecule has 1 aromatic rings.